The van der Waals surface area contributed by atoms with E-state index in [1.54, 1.807) is 18.2 Å². The zero-order valence-electron chi connectivity index (χ0n) is 9.88. The van der Waals surface area contributed by atoms with Crippen LogP contribution in [0.5, 0.6) is 11.6 Å². The Morgan fingerprint density at radius 3 is 2.42 bits per heavy atom. The van der Waals surface area contributed by atoms with Gasteiger partial charge in [-0.2, -0.15) is 0 Å². The summed E-state index contributed by atoms with van der Waals surface area (Å²) >= 11 is 6.15. The number of halogens is 1. The molecule has 0 saturated heterocycles. The number of aromatic nitrogens is 2. The van der Waals surface area contributed by atoms with Gasteiger partial charge >= 0.3 is 0 Å². The van der Waals surface area contributed by atoms with E-state index < -0.39 is 0 Å². The zero-order chi connectivity index (χ0) is 13.2. The second kappa shape index (κ2) is 4.74. The van der Waals surface area contributed by atoms with E-state index >= 15 is 0 Å². The van der Waals surface area contributed by atoms with E-state index in [4.69, 9.17) is 22.1 Å². The van der Waals surface area contributed by atoms with Gasteiger partial charge in [0.25, 0.3) is 0 Å². The Hall–Kier alpha value is -2.33. The quantitative estimate of drug-likeness (QED) is 0.773. The van der Waals surface area contributed by atoms with Crippen LogP contribution in [0.3, 0.4) is 0 Å². The fourth-order valence-electron chi connectivity index (χ4n) is 1.82. The molecule has 0 fully saturated rings. The summed E-state index contributed by atoms with van der Waals surface area (Å²) in [6.45, 7) is 0. The molecule has 0 aliphatic rings. The molecule has 94 valence electrons. The summed E-state index contributed by atoms with van der Waals surface area (Å²) < 4.78 is 5.71. The monoisotopic (exact) mass is 271 g/mol. The van der Waals surface area contributed by atoms with Crippen molar-refractivity contribution in [1.82, 2.24) is 10.2 Å². The average Bonchev–Trinajstić information content (AvgIpc) is 2.45. The van der Waals surface area contributed by atoms with Crippen LogP contribution in [0.4, 0.5) is 5.82 Å². The summed E-state index contributed by atoms with van der Waals surface area (Å²) in [5.74, 6) is 1.43. The molecule has 0 bridgehead atoms. The van der Waals surface area contributed by atoms with E-state index in [1.165, 1.54) is 0 Å². The highest BCUT2D eigenvalue weighted by molar-refractivity contribution is 6.35. The molecule has 2 aromatic carbocycles. The van der Waals surface area contributed by atoms with Crippen LogP contribution >= 0.6 is 11.6 Å². The molecule has 19 heavy (non-hydrogen) atoms. The summed E-state index contributed by atoms with van der Waals surface area (Å²) in [5.41, 5.74) is 5.48. The van der Waals surface area contributed by atoms with Crippen LogP contribution in [0.2, 0.25) is 5.02 Å². The molecule has 0 saturated carbocycles. The number of nitrogens with zero attached hydrogens (tertiary/aromatic N) is 2. The molecule has 0 atom stereocenters. The number of ether oxygens (including phenoxy) is 1. The van der Waals surface area contributed by atoms with Gasteiger partial charge in [-0.1, -0.05) is 35.9 Å². The fraction of sp³-hybridized carbons (Fsp3) is 0. The number of fused-ring (bicyclic) bond motifs is 1. The molecule has 1 aromatic heterocycles. The highest BCUT2D eigenvalue weighted by atomic mass is 35.5. The average molecular weight is 272 g/mol. The summed E-state index contributed by atoms with van der Waals surface area (Å²) in [4.78, 5) is 0. The largest absolute Gasteiger partial charge is 0.437 e. The fourth-order valence-corrected chi connectivity index (χ4v) is 2.05. The van der Waals surface area contributed by atoms with Gasteiger partial charge in [-0.3, -0.25) is 0 Å². The van der Waals surface area contributed by atoms with Crippen molar-refractivity contribution in [2.75, 3.05) is 5.73 Å². The minimum absolute atomic E-state index is 0.355. The lowest BCUT2D eigenvalue weighted by atomic mass is 10.1. The van der Waals surface area contributed by atoms with Gasteiger partial charge in [-0.15, -0.1) is 10.2 Å². The van der Waals surface area contributed by atoms with Gasteiger partial charge in [0.2, 0.25) is 5.88 Å². The lowest BCUT2D eigenvalue weighted by molar-refractivity contribution is 0.461. The molecule has 0 aliphatic carbocycles. The van der Waals surface area contributed by atoms with Gasteiger partial charge in [-0.25, -0.2) is 0 Å². The maximum absolute atomic E-state index is 6.15. The predicted octanol–water partition coefficient (Wildman–Crippen LogP) is 3.66. The highest BCUT2D eigenvalue weighted by Gasteiger charge is 2.07. The van der Waals surface area contributed by atoms with E-state index in [1.807, 2.05) is 30.3 Å². The summed E-state index contributed by atoms with van der Waals surface area (Å²) in [5, 5.41) is 10.2. The second-order valence-electron chi connectivity index (χ2n) is 3.99. The van der Waals surface area contributed by atoms with Gasteiger partial charge in [0.15, 0.2) is 0 Å². The minimum Gasteiger partial charge on any atom is -0.437 e. The normalized spacial score (nSPS) is 10.6. The topological polar surface area (TPSA) is 61.0 Å². The molecule has 0 amide bonds. The summed E-state index contributed by atoms with van der Waals surface area (Å²) in [7, 11) is 0. The maximum Gasteiger partial charge on any atom is 0.239 e. The third-order valence-electron chi connectivity index (χ3n) is 2.71. The Balaban J connectivity index is 2.06. The van der Waals surface area contributed by atoms with Crippen LogP contribution in [0, 0.1) is 0 Å². The van der Waals surface area contributed by atoms with Crippen LogP contribution < -0.4 is 10.5 Å². The molecule has 4 nitrogen and oxygen atoms in total. The number of nitrogens with two attached hydrogens (primary N) is 1. The number of anilines is 1. The SMILES string of the molecule is Nc1ccc(Oc2ccc(Cl)c3ccccc23)nn1. The summed E-state index contributed by atoms with van der Waals surface area (Å²) in [6.07, 6.45) is 0. The van der Waals surface area contributed by atoms with Crippen LogP contribution in [0.15, 0.2) is 48.5 Å². The van der Waals surface area contributed by atoms with E-state index in [-0.39, 0.29) is 0 Å². The van der Waals surface area contributed by atoms with Crippen LogP contribution in [-0.2, 0) is 0 Å². The van der Waals surface area contributed by atoms with Gasteiger partial charge in [0.05, 0.1) is 0 Å². The first-order chi connectivity index (χ1) is 9.24. The third-order valence-corrected chi connectivity index (χ3v) is 3.04. The van der Waals surface area contributed by atoms with Crippen molar-refractivity contribution in [1.29, 1.82) is 0 Å². The van der Waals surface area contributed by atoms with Crippen molar-refractivity contribution >= 4 is 28.2 Å². The smallest absolute Gasteiger partial charge is 0.239 e. The van der Waals surface area contributed by atoms with Crippen molar-refractivity contribution in [3.63, 3.8) is 0 Å². The van der Waals surface area contributed by atoms with Crippen molar-refractivity contribution in [3.8, 4) is 11.6 Å². The van der Waals surface area contributed by atoms with Gasteiger partial charge in [-0.05, 0) is 18.2 Å². The van der Waals surface area contributed by atoms with E-state index in [0.29, 0.717) is 22.5 Å². The molecule has 0 spiro atoms. The predicted molar refractivity (Wildman–Crippen MR) is 75.5 cm³/mol. The van der Waals surface area contributed by atoms with Gasteiger partial charge in [0.1, 0.15) is 11.6 Å². The molecule has 5 heteroatoms. The Labute approximate surface area is 114 Å². The van der Waals surface area contributed by atoms with Crippen molar-refractivity contribution in [2.24, 2.45) is 0 Å². The molecular formula is C14H10ClN3O. The van der Waals surface area contributed by atoms with Gasteiger partial charge in [0, 0.05) is 21.9 Å². The maximum atomic E-state index is 6.15. The lowest BCUT2D eigenvalue weighted by Gasteiger charge is -2.08. The van der Waals surface area contributed by atoms with Crippen molar-refractivity contribution < 1.29 is 4.74 Å². The van der Waals surface area contributed by atoms with E-state index in [9.17, 15) is 0 Å². The number of rotatable bonds is 2. The first-order valence-electron chi connectivity index (χ1n) is 5.68. The van der Waals surface area contributed by atoms with Crippen molar-refractivity contribution in [3.05, 3.63) is 53.6 Å². The molecule has 2 N–H and O–H groups in total. The Kier molecular flexibility index (Phi) is 2.93. The molecule has 1 heterocycles. The van der Waals surface area contributed by atoms with Crippen LogP contribution in [0.1, 0.15) is 0 Å². The van der Waals surface area contributed by atoms with E-state index in [2.05, 4.69) is 10.2 Å². The number of hydrogen-bond donors (Lipinski definition) is 1. The second-order valence-corrected chi connectivity index (χ2v) is 4.40. The molecule has 3 rings (SSSR count). The highest BCUT2D eigenvalue weighted by Crippen LogP contribution is 2.33. The minimum atomic E-state index is 0.355. The Morgan fingerprint density at radius 1 is 0.895 bits per heavy atom. The molecule has 0 aliphatic heterocycles. The van der Waals surface area contributed by atoms with Crippen molar-refractivity contribution in [2.45, 2.75) is 0 Å². The van der Waals surface area contributed by atoms with Crippen LogP contribution in [-0.4, -0.2) is 10.2 Å². The lowest BCUT2D eigenvalue weighted by Crippen LogP contribution is -1.95. The standard InChI is InChI=1S/C14H10ClN3O/c15-11-5-6-12(10-4-2-1-3-9(10)11)19-14-8-7-13(16)17-18-14/h1-8H,(H2,16,17). The van der Waals surface area contributed by atoms with Gasteiger partial charge < -0.3 is 10.5 Å². The molecule has 3 aromatic rings. The first kappa shape index (κ1) is 11.7. The molecule has 0 radical (unpaired) electrons. The van der Waals surface area contributed by atoms with Crippen LogP contribution in [0.25, 0.3) is 10.8 Å². The zero-order valence-corrected chi connectivity index (χ0v) is 10.6. The molecular weight excluding hydrogens is 262 g/mol. The summed E-state index contributed by atoms with van der Waals surface area (Å²) in [6, 6.07) is 14.7. The first-order valence-corrected chi connectivity index (χ1v) is 6.06. The van der Waals surface area contributed by atoms with E-state index in [0.717, 1.165) is 10.8 Å². The number of nitrogen functional groups attached to an aromatic ring is 1. The number of hydrogen-bond acceptors (Lipinski definition) is 4. The Bertz CT molecular complexity index is 728. The molecule has 0 unspecified atom stereocenters. The third kappa shape index (κ3) is 2.30. The number of benzene rings is 2. The Morgan fingerprint density at radius 2 is 1.68 bits per heavy atom.